The number of hydrogen-bond donors (Lipinski definition) is 1. The van der Waals surface area contributed by atoms with Crippen molar-refractivity contribution in [3.05, 3.63) is 45.8 Å². The molecule has 0 amide bonds. The van der Waals surface area contributed by atoms with Gasteiger partial charge in [-0.15, -0.1) is 0 Å². The third-order valence-electron chi connectivity index (χ3n) is 4.51. The molecule has 21 heavy (non-hydrogen) atoms. The highest BCUT2D eigenvalue weighted by molar-refractivity contribution is 5.80. The Labute approximate surface area is 125 Å². The van der Waals surface area contributed by atoms with Gasteiger partial charge in [0.2, 0.25) is 0 Å². The first-order valence-corrected chi connectivity index (χ1v) is 7.88. The van der Waals surface area contributed by atoms with E-state index in [1.54, 1.807) is 11.0 Å². The molecule has 3 heteroatoms. The van der Waals surface area contributed by atoms with Gasteiger partial charge in [0.05, 0.1) is 13.1 Å². The van der Waals surface area contributed by atoms with Crippen LogP contribution in [0.15, 0.2) is 33.5 Å². The summed E-state index contributed by atoms with van der Waals surface area (Å²) in [4.78, 5) is 13.4. The van der Waals surface area contributed by atoms with Gasteiger partial charge in [0.15, 0.2) is 0 Å². The van der Waals surface area contributed by atoms with Gasteiger partial charge in [-0.2, -0.15) is 0 Å². The van der Waals surface area contributed by atoms with Crippen molar-refractivity contribution in [2.24, 2.45) is 11.8 Å². The molecule has 0 bridgehead atoms. The highest BCUT2D eigenvalue weighted by Gasteiger charge is 2.25. The predicted octanol–water partition coefficient (Wildman–Crippen LogP) is 2.16. The lowest BCUT2D eigenvalue weighted by atomic mass is 9.91. The maximum absolute atomic E-state index is 11.8. The van der Waals surface area contributed by atoms with Crippen molar-refractivity contribution in [3.8, 4) is 0 Å². The molecule has 112 valence electrons. The summed E-state index contributed by atoms with van der Waals surface area (Å²) in [5, 5.41) is 1.08. The minimum absolute atomic E-state index is 0.236. The number of nitrogens with one attached hydrogen (secondary N) is 1. The zero-order valence-corrected chi connectivity index (χ0v) is 13.1. The highest BCUT2D eigenvalue weighted by atomic mass is 16.4. The zero-order chi connectivity index (χ0) is 15.0. The molecule has 0 aliphatic carbocycles. The molecule has 1 aromatic carbocycles. The Hall–Kier alpha value is -1.61. The van der Waals surface area contributed by atoms with E-state index >= 15 is 0 Å². The van der Waals surface area contributed by atoms with E-state index in [-0.39, 0.29) is 5.63 Å². The van der Waals surface area contributed by atoms with Gasteiger partial charge in [-0.05, 0) is 25.0 Å². The summed E-state index contributed by atoms with van der Waals surface area (Å²) in [5.74, 6) is 1.52. The number of benzene rings is 1. The van der Waals surface area contributed by atoms with E-state index in [1.165, 1.54) is 19.5 Å². The van der Waals surface area contributed by atoms with Crippen LogP contribution in [0.2, 0.25) is 0 Å². The molecule has 1 fully saturated rings. The fourth-order valence-electron chi connectivity index (χ4n) is 3.82. The summed E-state index contributed by atoms with van der Waals surface area (Å²) < 4.78 is 5.35. The number of fused-ring (bicyclic) bond motifs is 1. The first-order chi connectivity index (χ1) is 10.0. The average molecular weight is 286 g/mol. The van der Waals surface area contributed by atoms with Crippen LogP contribution in [-0.2, 0) is 6.54 Å². The van der Waals surface area contributed by atoms with Crippen molar-refractivity contribution in [1.29, 1.82) is 0 Å². The zero-order valence-electron chi connectivity index (χ0n) is 13.1. The second-order valence-corrected chi connectivity index (χ2v) is 6.87. The Kier molecular flexibility index (Phi) is 3.85. The number of aryl methyl sites for hydroxylation is 1. The molecule has 2 heterocycles. The van der Waals surface area contributed by atoms with Crippen molar-refractivity contribution in [3.63, 3.8) is 0 Å². The first kappa shape index (κ1) is 14.3. The summed E-state index contributed by atoms with van der Waals surface area (Å²) in [6.45, 7) is 9.98. The fourth-order valence-corrected chi connectivity index (χ4v) is 3.82. The normalized spacial score (nSPS) is 26.1. The lowest BCUT2D eigenvalue weighted by Gasteiger charge is -2.32. The highest BCUT2D eigenvalue weighted by Crippen LogP contribution is 2.19. The molecule has 3 rings (SSSR count). The molecule has 2 aromatic rings. The van der Waals surface area contributed by atoms with Gasteiger partial charge < -0.3 is 9.32 Å². The lowest BCUT2D eigenvalue weighted by molar-refractivity contribution is -0.925. The van der Waals surface area contributed by atoms with Crippen LogP contribution in [0.25, 0.3) is 11.0 Å². The third kappa shape index (κ3) is 3.18. The SMILES string of the molecule is Cc1ccc2c(C[NH+]3C[C@H](C)C[C@H](C)C3)cc(=O)oc2c1. The second-order valence-electron chi connectivity index (χ2n) is 6.87. The quantitative estimate of drug-likeness (QED) is 0.859. The van der Waals surface area contributed by atoms with Crippen LogP contribution < -0.4 is 10.5 Å². The summed E-state index contributed by atoms with van der Waals surface area (Å²) in [6.07, 6.45) is 1.32. The van der Waals surface area contributed by atoms with Crippen molar-refractivity contribution in [2.75, 3.05) is 13.1 Å². The standard InChI is InChI=1S/C18H23NO2/c1-12-4-5-16-15(8-18(20)21-17(16)7-12)11-19-9-13(2)6-14(3)10-19/h4-5,7-8,13-14H,6,9-11H2,1-3H3/p+1/t13-,14+. The van der Waals surface area contributed by atoms with Gasteiger partial charge >= 0.3 is 5.63 Å². The van der Waals surface area contributed by atoms with Gasteiger partial charge in [0, 0.05) is 28.9 Å². The number of piperidine rings is 1. The van der Waals surface area contributed by atoms with Crippen LogP contribution >= 0.6 is 0 Å². The minimum atomic E-state index is -0.236. The van der Waals surface area contributed by atoms with Gasteiger partial charge in [-0.3, -0.25) is 0 Å². The molecule has 1 N–H and O–H groups in total. The molecule has 0 radical (unpaired) electrons. The van der Waals surface area contributed by atoms with Gasteiger partial charge in [0.25, 0.3) is 0 Å². The largest absolute Gasteiger partial charge is 0.423 e. The fraction of sp³-hybridized carbons (Fsp3) is 0.500. The molecule has 1 unspecified atom stereocenters. The van der Waals surface area contributed by atoms with E-state index in [4.69, 9.17) is 4.42 Å². The number of quaternary nitrogens is 1. The Morgan fingerprint density at radius 3 is 2.62 bits per heavy atom. The van der Waals surface area contributed by atoms with E-state index in [0.717, 1.165) is 40.5 Å². The molecule has 0 spiro atoms. The van der Waals surface area contributed by atoms with Crippen molar-refractivity contribution in [2.45, 2.75) is 33.7 Å². The van der Waals surface area contributed by atoms with Crippen molar-refractivity contribution < 1.29 is 9.32 Å². The smallest absolute Gasteiger partial charge is 0.336 e. The Bertz CT molecular complexity index is 694. The number of rotatable bonds is 2. The monoisotopic (exact) mass is 286 g/mol. The summed E-state index contributed by atoms with van der Waals surface area (Å²) in [7, 11) is 0. The Morgan fingerprint density at radius 2 is 1.90 bits per heavy atom. The molecular weight excluding hydrogens is 262 g/mol. The van der Waals surface area contributed by atoms with Gasteiger partial charge in [0.1, 0.15) is 12.1 Å². The minimum Gasteiger partial charge on any atom is -0.423 e. The molecule has 1 aliphatic rings. The van der Waals surface area contributed by atoms with Crippen LogP contribution in [0.1, 0.15) is 31.4 Å². The predicted molar refractivity (Wildman–Crippen MR) is 84.6 cm³/mol. The summed E-state index contributed by atoms with van der Waals surface area (Å²) in [5.41, 5.74) is 2.73. The summed E-state index contributed by atoms with van der Waals surface area (Å²) >= 11 is 0. The van der Waals surface area contributed by atoms with Crippen LogP contribution in [-0.4, -0.2) is 13.1 Å². The maximum atomic E-state index is 11.8. The second kappa shape index (κ2) is 5.64. The van der Waals surface area contributed by atoms with Crippen molar-refractivity contribution >= 4 is 11.0 Å². The number of likely N-dealkylation sites (tertiary alicyclic amines) is 1. The Morgan fingerprint density at radius 1 is 1.19 bits per heavy atom. The van der Waals surface area contributed by atoms with E-state index in [1.807, 2.05) is 13.0 Å². The first-order valence-electron chi connectivity index (χ1n) is 7.88. The molecule has 1 aromatic heterocycles. The van der Waals surface area contributed by atoms with E-state index < -0.39 is 0 Å². The molecule has 1 aliphatic heterocycles. The average Bonchev–Trinajstić information content (AvgIpc) is 2.36. The van der Waals surface area contributed by atoms with Crippen LogP contribution in [0.5, 0.6) is 0 Å². The van der Waals surface area contributed by atoms with Crippen LogP contribution in [0, 0.1) is 18.8 Å². The maximum Gasteiger partial charge on any atom is 0.336 e. The van der Waals surface area contributed by atoms with E-state index in [2.05, 4.69) is 26.0 Å². The number of hydrogen-bond acceptors (Lipinski definition) is 2. The molecule has 3 nitrogen and oxygen atoms in total. The lowest BCUT2D eigenvalue weighted by Crippen LogP contribution is -3.13. The van der Waals surface area contributed by atoms with Gasteiger partial charge in [-0.25, -0.2) is 4.79 Å². The van der Waals surface area contributed by atoms with Gasteiger partial charge in [-0.1, -0.05) is 26.0 Å². The van der Waals surface area contributed by atoms with Crippen LogP contribution in [0.3, 0.4) is 0 Å². The Balaban J connectivity index is 1.95. The topological polar surface area (TPSA) is 34.7 Å². The third-order valence-corrected chi connectivity index (χ3v) is 4.51. The van der Waals surface area contributed by atoms with Crippen molar-refractivity contribution in [1.82, 2.24) is 0 Å². The van der Waals surface area contributed by atoms with Crippen LogP contribution in [0.4, 0.5) is 0 Å². The van der Waals surface area contributed by atoms with E-state index in [9.17, 15) is 4.79 Å². The summed E-state index contributed by atoms with van der Waals surface area (Å²) in [6, 6.07) is 7.80. The molecule has 0 saturated carbocycles. The van der Waals surface area contributed by atoms with E-state index in [0.29, 0.717) is 0 Å². The molecule has 1 saturated heterocycles. The molecular formula is C18H24NO2+. The molecule has 3 atom stereocenters.